The predicted octanol–water partition coefficient (Wildman–Crippen LogP) is 4.32. The number of nitrogens with one attached hydrogen (secondary N) is 1. The molecule has 1 spiro atoms. The molecule has 0 aromatic heterocycles. The fraction of sp³-hybridized carbons (Fsp3) is 0.400. The molecule has 1 unspecified atom stereocenters. The second kappa shape index (κ2) is 8.65. The SMILES string of the molecule is COC(=O)C1(Nc2cccc(Cl)c2)CCC2(CC1)C(CC(O)CO)=Cc1ccccc12. The Kier molecular flexibility index (Phi) is 6.11. The number of fused-ring (bicyclic) bond motifs is 2. The van der Waals surface area contributed by atoms with Gasteiger partial charge in [-0.3, -0.25) is 0 Å². The van der Waals surface area contributed by atoms with Crippen LogP contribution >= 0.6 is 11.6 Å². The summed E-state index contributed by atoms with van der Waals surface area (Å²) < 4.78 is 5.20. The van der Waals surface area contributed by atoms with E-state index in [0.717, 1.165) is 29.7 Å². The minimum absolute atomic E-state index is 0.250. The number of carbonyl (C=O) groups excluding carboxylic acids is 1. The highest BCUT2D eigenvalue weighted by atomic mass is 35.5. The zero-order valence-corrected chi connectivity index (χ0v) is 18.4. The van der Waals surface area contributed by atoms with Crippen molar-refractivity contribution in [3.63, 3.8) is 0 Å². The van der Waals surface area contributed by atoms with Crippen LogP contribution in [-0.4, -0.2) is 41.5 Å². The fourth-order valence-corrected chi connectivity index (χ4v) is 5.43. The van der Waals surface area contributed by atoms with E-state index >= 15 is 0 Å². The molecule has 3 N–H and O–H groups in total. The van der Waals surface area contributed by atoms with Crippen LogP contribution in [-0.2, 0) is 14.9 Å². The molecule has 4 rings (SSSR count). The van der Waals surface area contributed by atoms with Crippen LogP contribution < -0.4 is 5.32 Å². The van der Waals surface area contributed by atoms with Crippen LogP contribution in [0.2, 0.25) is 5.02 Å². The Hall–Kier alpha value is -2.34. The molecule has 5 nitrogen and oxygen atoms in total. The molecular formula is C25H28ClNO4. The van der Waals surface area contributed by atoms with Gasteiger partial charge in [-0.25, -0.2) is 4.79 Å². The lowest BCUT2D eigenvalue weighted by atomic mass is 9.61. The number of anilines is 1. The number of methoxy groups -OCH3 is 1. The summed E-state index contributed by atoms with van der Waals surface area (Å²) in [6, 6.07) is 15.6. The summed E-state index contributed by atoms with van der Waals surface area (Å²) in [5.74, 6) is -0.283. The highest BCUT2D eigenvalue weighted by Gasteiger charge is 2.51. The van der Waals surface area contributed by atoms with Crippen LogP contribution in [0.5, 0.6) is 0 Å². The Morgan fingerprint density at radius 1 is 1.16 bits per heavy atom. The zero-order valence-electron chi connectivity index (χ0n) is 17.6. The summed E-state index contributed by atoms with van der Waals surface area (Å²) in [5.41, 5.74) is 3.19. The van der Waals surface area contributed by atoms with Crippen LogP contribution in [0.25, 0.3) is 6.08 Å². The first-order valence-electron chi connectivity index (χ1n) is 10.6. The number of aliphatic hydroxyl groups is 2. The Labute approximate surface area is 187 Å². The normalized spacial score (nSPS) is 25.6. The van der Waals surface area contributed by atoms with Crippen molar-refractivity contribution >= 4 is 29.3 Å². The Bertz CT molecular complexity index is 995. The monoisotopic (exact) mass is 441 g/mol. The van der Waals surface area contributed by atoms with Crippen molar-refractivity contribution in [2.45, 2.75) is 49.2 Å². The highest BCUT2D eigenvalue weighted by Crippen LogP contribution is 2.54. The van der Waals surface area contributed by atoms with Gasteiger partial charge in [-0.1, -0.05) is 53.6 Å². The van der Waals surface area contributed by atoms with Crippen LogP contribution in [0.15, 0.2) is 54.1 Å². The third-order valence-corrected chi connectivity index (χ3v) is 7.06. The maximum absolute atomic E-state index is 12.9. The van der Waals surface area contributed by atoms with Crippen molar-refractivity contribution < 1.29 is 19.7 Å². The van der Waals surface area contributed by atoms with Gasteiger partial charge in [0, 0.05) is 16.1 Å². The van der Waals surface area contributed by atoms with E-state index in [1.807, 2.05) is 30.3 Å². The van der Waals surface area contributed by atoms with Gasteiger partial charge in [-0.2, -0.15) is 0 Å². The summed E-state index contributed by atoms with van der Waals surface area (Å²) in [4.78, 5) is 12.9. The predicted molar refractivity (Wildman–Crippen MR) is 122 cm³/mol. The van der Waals surface area contributed by atoms with Crippen LogP contribution in [0.3, 0.4) is 0 Å². The van der Waals surface area contributed by atoms with Crippen LogP contribution in [0.1, 0.15) is 43.2 Å². The molecule has 1 fully saturated rings. The van der Waals surface area contributed by atoms with Crippen LogP contribution in [0.4, 0.5) is 5.69 Å². The zero-order chi connectivity index (χ0) is 22.1. The first kappa shape index (κ1) is 21.9. The van der Waals surface area contributed by atoms with Gasteiger partial charge >= 0.3 is 5.97 Å². The van der Waals surface area contributed by atoms with Crippen molar-refractivity contribution in [1.29, 1.82) is 0 Å². The number of esters is 1. The van der Waals surface area contributed by atoms with Gasteiger partial charge in [0.25, 0.3) is 0 Å². The summed E-state index contributed by atoms with van der Waals surface area (Å²) in [6.45, 7) is -0.272. The van der Waals surface area contributed by atoms with E-state index in [0.29, 0.717) is 24.3 Å². The summed E-state index contributed by atoms with van der Waals surface area (Å²) >= 11 is 6.15. The number of rotatable bonds is 6. The van der Waals surface area contributed by atoms with E-state index < -0.39 is 11.6 Å². The molecule has 0 radical (unpaired) electrons. The van der Waals surface area contributed by atoms with Gasteiger partial charge < -0.3 is 20.3 Å². The number of carbonyl (C=O) groups is 1. The molecule has 1 atom stereocenters. The highest BCUT2D eigenvalue weighted by molar-refractivity contribution is 6.30. The van der Waals surface area contributed by atoms with Gasteiger partial charge in [0.15, 0.2) is 0 Å². The van der Waals surface area contributed by atoms with E-state index in [1.54, 1.807) is 6.07 Å². The molecule has 1 saturated carbocycles. The molecule has 31 heavy (non-hydrogen) atoms. The molecule has 0 heterocycles. The molecule has 6 heteroatoms. The van der Waals surface area contributed by atoms with Crippen molar-refractivity contribution in [3.8, 4) is 0 Å². The van der Waals surface area contributed by atoms with Gasteiger partial charge in [0.05, 0.1) is 19.8 Å². The maximum Gasteiger partial charge on any atom is 0.331 e. The lowest BCUT2D eigenvalue weighted by Gasteiger charge is -2.46. The second-order valence-corrected chi connectivity index (χ2v) is 9.02. The lowest BCUT2D eigenvalue weighted by Crippen LogP contribution is -2.52. The summed E-state index contributed by atoms with van der Waals surface area (Å²) in [6.07, 6.45) is 4.38. The van der Waals surface area contributed by atoms with E-state index in [9.17, 15) is 15.0 Å². The fourth-order valence-electron chi connectivity index (χ4n) is 5.24. The average molecular weight is 442 g/mol. The number of aliphatic hydroxyl groups excluding tert-OH is 2. The van der Waals surface area contributed by atoms with Gasteiger partial charge in [0.2, 0.25) is 0 Å². The summed E-state index contributed by atoms with van der Waals surface area (Å²) in [7, 11) is 1.42. The van der Waals surface area contributed by atoms with Crippen molar-refractivity contribution in [1.82, 2.24) is 0 Å². The molecule has 2 aromatic rings. The maximum atomic E-state index is 12.9. The first-order valence-corrected chi connectivity index (χ1v) is 11.0. The molecular weight excluding hydrogens is 414 g/mol. The van der Waals surface area contributed by atoms with Gasteiger partial charge in [-0.15, -0.1) is 0 Å². The third-order valence-electron chi connectivity index (χ3n) is 6.83. The molecule has 0 saturated heterocycles. The van der Waals surface area contributed by atoms with Crippen molar-refractivity contribution in [2.24, 2.45) is 0 Å². The summed E-state index contributed by atoms with van der Waals surface area (Å²) in [5, 5.41) is 23.6. The smallest absolute Gasteiger partial charge is 0.331 e. The van der Waals surface area contributed by atoms with Gasteiger partial charge in [0.1, 0.15) is 5.54 Å². The van der Waals surface area contributed by atoms with E-state index in [1.165, 1.54) is 12.7 Å². The number of benzene rings is 2. The lowest BCUT2D eigenvalue weighted by molar-refractivity contribution is -0.147. The minimum atomic E-state index is -0.844. The van der Waals surface area contributed by atoms with E-state index in [2.05, 4.69) is 23.5 Å². The first-order chi connectivity index (χ1) is 14.9. The number of hydrogen-bond acceptors (Lipinski definition) is 5. The topological polar surface area (TPSA) is 78.8 Å². The second-order valence-electron chi connectivity index (χ2n) is 8.59. The number of ether oxygens (including phenoxy) is 1. The Morgan fingerprint density at radius 2 is 1.90 bits per heavy atom. The van der Waals surface area contributed by atoms with Gasteiger partial charge in [-0.05, 0) is 61.4 Å². The Balaban J connectivity index is 1.66. The number of hydrogen-bond donors (Lipinski definition) is 3. The molecule has 0 amide bonds. The largest absolute Gasteiger partial charge is 0.467 e. The molecule has 2 aliphatic rings. The minimum Gasteiger partial charge on any atom is -0.467 e. The molecule has 2 aliphatic carbocycles. The molecule has 2 aromatic carbocycles. The van der Waals surface area contributed by atoms with E-state index in [4.69, 9.17) is 16.3 Å². The molecule has 0 aliphatic heterocycles. The Morgan fingerprint density at radius 3 is 2.58 bits per heavy atom. The van der Waals surface area contributed by atoms with E-state index in [-0.39, 0.29) is 18.0 Å². The molecule has 0 bridgehead atoms. The standard InChI is InChI=1S/C25H28ClNO4/c1-31-23(30)25(27-20-7-4-6-19(26)15-20)11-9-24(10-12-25)18(14-21(29)16-28)13-17-5-2-3-8-22(17)24/h2-8,13,15,21,27-29H,9-12,14,16H2,1H3. The number of halogens is 1. The quantitative estimate of drug-likeness (QED) is 0.582. The third kappa shape index (κ3) is 3.98. The molecule has 164 valence electrons. The van der Waals surface area contributed by atoms with Crippen molar-refractivity contribution in [3.05, 3.63) is 70.3 Å². The average Bonchev–Trinajstić information content (AvgIpc) is 3.07. The van der Waals surface area contributed by atoms with Crippen molar-refractivity contribution in [2.75, 3.05) is 19.0 Å². The van der Waals surface area contributed by atoms with Crippen LogP contribution in [0, 0.1) is 0 Å².